The largest absolute Gasteiger partial charge is 0.497 e. The Morgan fingerprint density at radius 2 is 1.81 bits per heavy atom. The molecule has 2 amide bonds. The lowest BCUT2D eigenvalue weighted by Gasteiger charge is -2.19. The van der Waals surface area contributed by atoms with Crippen LogP contribution in [-0.2, 0) is 16.1 Å². The van der Waals surface area contributed by atoms with Crippen LogP contribution >= 0.6 is 0 Å². The van der Waals surface area contributed by atoms with E-state index in [0.717, 1.165) is 17.1 Å². The number of alkyl carbamates (subject to hydrolysis) is 1. The van der Waals surface area contributed by atoms with Gasteiger partial charge >= 0.3 is 6.09 Å². The fourth-order valence-corrected chi connectivity index (χ4v) is 2.20. The van der Waals surface area contributed by atoms with Crippen molar-refractivity contribution in [3.8, 4) is 11.4 Å². The highest BCUT2D eigenvalue weighted by Gasteiger charge is 2.15. The normalized spacial score (nSPS) is 11.0. The van der Waals surface area contributed by atoms with E-state index in [1.165, 1.54) is 0 Å². The van der Waals surface area contributed by atoms with E-state index >= 15 is 0 Å². The number of benzene rings is 1. The number of rotatable bonds is 7. The predicted octanol–water partition coefficient (Wildman–Crippen LogP) is 2.41. The van der Waals surface area contributed by atoms with Crippen LogP contribution < -0.4 is 15.4 Å². The first-order chi connectivity index (χ1) is 12.8. The number of ether oxygens (including phenoxy) is 2. The predicted molar refractivity (Wildman–Crippen MR) is 101 cm³/mol. The van der Waals surface area contributed by atoms with Gasteiger partial charge in [0.1, 0.15) is 11.4 Å². The molecule has 2 rings (SSSR count). The third-order valence-electron chi connectivity index (χ3n) is 3.47. The van der Waals surface area contributed by atoms with Crippen molar-refractivity contribution < 1.29 is 19.1 Å². The number of aromatic nitrogens is 2. The quantitative estimate of drug-likeness (QED) is 0.776. The number of nitrogens with zero attached hydrogens (tertiary/aromatic N) is 2. The van der Waals surface area contributed by atoms with Gasteiger partial charge in [0.15, 0.2) is 0 Å². The number of nitrogens with one attached hydrogen (secondary N) is 2. The fourth-order valence-electron chi connectivity index (χ4n) is 2.20. The van der Waals surface area contributed by atoms with Gasteiger partial charge in [-0.25, -0.2) is 9.48 Å². The van der Waals surface area contributed by atoms with Crippen LogP contribution in [0.25, 0.3) is 5.69 Å². The summed E-state index contributed by atoms with van der Waals surface area (Å²) < 4.78 is 12.0. The smallest absolute Gasteiger partial charge is 0.407 e. The summed E-state index contributed by atoms with van der Waals surface area (Å²) >= 11 is 0. The van der Waals surface area contributed by atoms with Crippen LogP contribution in [0.1, 0.15) is 32.9 Å². The van der Waals surface area contributed by atoms with E-state index in [0.29, 0.717) is 6.54 Å². The number of carbonyl (C=O) groups is 2. The number of hydrogen-bond donors (Lipinski definition) is 2. The van der Waals surface area contributed by atoms with Crippen molar-refractivity contribution in [2.24, 2.45) is 0 Å². The Morgan fingerprint density at radius 3 is 2.44 bits per heavy atom. The topological polar surface area (TPSA) is 94.5 Å². The van der Waals surface area contributed by atoms with E-state index in [1.54, 1.807) is 32.6 Å². The van der Waals surface area contributed by atoms with Gasteiger partial charge in [0, 0.05) is 19.2 Å². The molecule has 27 heavy (non-hydrogen) atoms. The molecule has 0 saturated carbocycles. The molecular weight excluding hydrogens is 348 g/mol. The van der Waals surface area contributed by atoms with E-state index in [1.807, 2.05) is 36.5 Å². The van der Waals surface area contributed by atoms with E-state index in [-0.39, 0.29) is 18.9 Å². The van der Waals surface area contributed by atoms with Crippen molar-refractivity contribution in [2.45, 2.75) is 39.3 Å². The highest BCUT2D eigenvalue weighted by atomic mass is 16.6. The lowest BCUT2D eigenvalue weighted by molar-refractivity contribution is -0.121. The monoisotopic (exact) mass is 374 g/mol. The minimum Gasteiger partial charge on any atom is -0.497 e. The molecule has 146 valence electrons. The minimum atomic E-state index is -0.560. The molecule has 0 fully saturated rings. The zero-order chi connectivity index (χ0) is 19.9. The third kappa shape index (κ3) is 7.01. The zero-order valence-electron chi connectivity index (χ0n) is 16.1. The van der Waals surface area contributed by atoms with Crippen molar-refractivity contribution >= 4 is 12.0 Å². The van der Waals surface area contributed by atoms with E-state index in [2.05, 4.69) is 15.7 Å². The Morgan fingerprint density at radius 1 is 1.11 bits per heavy atom. The summed E-state index contributed by atoms with van der Waals surface area (Å²) in [5.74, 6) is 0.600. The van der Waals surface area contributed by atoms with Gasteiger partial charge in [-0.2, -0.15) is 5.10 Å². The molecule has 0 spiro atoms. The average Bonchev–Trinajstić information content (AvgIpc) is 3.07. The maximum Gasteiger partial charge on any atom is 0.407 e. The van der Waals surface area contributed by atoms with Gasteiger partial charge in [-0.1, -0.05) is 0 Å². The molecule has 0 unspecified atom stereocenters. The Bertz CT molecular complexity index is 763. The molecule has 1 aromatic carbocycles. The van der Waals surface area contributed by atoms with Crippen molar-refractivity contribution in [1.29, 1.82) is 0 Å². The standard InChI is InChI=1S/C19H26N4O4/c1-19(2,3)27-18(25)20-11-9-17(24)21-13-14-10-12-23(22-14)15-5-7-16(26-4)8-6-15/h5-8,10,12H,9,11,13H2,1-4H3,(H,20,25)(H,21,24). The Hall–Kier alpha value is -3.03. The molecule has 0 atom stereocenters. The molecule has 8 nitrogen and oxygen atoms in total. The summed E-state index contributed by atoms with van der Waals surface area (Å²) in [6, 6.07) is 9.35. The first-order valence-electron chi connectivity index (χ1n) is 8.69. The molecule has 2 aromatic rings. The molecule has 0 bridgehead atoms. The second-order valence-electron chi connectivity index (χ2n) is 6.91. The van der Waals surface area contributed by atoms with Gasteiger partial charge < -0.3 is 20.1 Å². The molecule has 2 N–H and O–H groups in total. The first-order valence-corrected chi connectivity index (χ1v) is 8.69. The summed E-state index contributed by atoms with van der Waals surface area (Å²) in [6.45, 7) is 5.87. The van der Waals surface area contributed by atoms with Crippen LogP contribution in [-0.4, -0.2) is 41.0 Å². The molecule has 1 heterocycles. The number of amides is 2. The van der Waals surface area contributed by atoms with Crippen molar-refractivity contribution in [2.75, 3.05) is 13.7 Å². The fraction of sp³-hybridized carbons (Fsp3) is 0.421. The van der Waals surface area contributed by atoms with Crippen molar-refractivity contribution in [3.63, 3.8) is 0 Å². The Balaban J connectivity index is 1.74. The van der Waals surface area contributed by atoms with Crippen LogP contribution in [0.3, 0.4) is 0 Å². The number of methoxy groups -OCH3 is 1. The van der Waals surface area contributed by atoms with Crippen LogP contribution in [0.4, 0.5) is 4.79 Å². The molecule has 0 saturated heterocycles. The Kier molecular flexibility index (Phi) is 6.81. The van der Waals surface area contributed by atoms with Gasteiger partial charge in [-0.3, -0.25) is 4.79 Å². The number of carbonyl (C=O) groups excluding carboxylic acids is 2. The highest BCUT2D eigenvalue weighted by molar-refractivity contribution is 5.77. The minimum absolute atomic E-state index is 0.165. The summed E-state index contributed by atoms with van der Waals surface area (Å²) in [6.07, 6.45) is 1.46. The van der Waals surface area contributed by atoms with Crippen LogP contribution in [0.15, 0.2) is 36.5 Å². The van der Waals surface area contributed by atoms with Crippen LogP contribution in [0.2, 0.25) is 0 Å². The summed E-state index contributed by atoms with van der Waals surface area (Å²) in [5, 5.41) is 9.76. The van der Waals surface area contributed by atoms with E-state index in [4.69, 9.17) is 9.47 Å². The third-order valence-corrected chi connectivity index (χ3v) is 3.47. The number of hydrogen-bond acceptors (Lipinski definition) is 5. The lowest BCUT2D eigenvalue weighted by Crippen LogP contribution is -2.35. The Labute approximate surface area is 158 Å². The molecule has 1 aromatic heterocycles. The maximum atomic E-state index is 11.9. The molecule has 0 aliphatic heterocycles. The van der Waals surface area contributed by atoms with Crippen molar-refractivity contribution in [3.05, 3.63) is 42.2 Å². The van der Waals surface area contributed by atoms with Gasteiger partial charge in [0.25, 0.3) is 0 Å². The first kappa shape index (κ1) is 20.3. The average molecular weight is 374 g/mol. The van der Waals surface area contributed by atoms with Gasteiger partial charge in [0.2, 0.25) is 5.91 Å². The molecular formula is C19H26N4O4. The molecule has 8 heteroatoms. The van der Waals surface area contributed by atoms with Gasteiger partial charge in [-0.15, -0.1) is 0 Å². The second-order valence-corrected chi connectivity index (χ2v) is 6.91. The molecule has 0 radical (unpaired) electrons. The highest BCUT2D eigenvalue weighted by Crippen LogP contribution is 2.14. The van der Waals surface area contributed by atoms with Crippen LogP contribution in [0.5, 0.6) is 5.75 Å². The van der Waals surface area contributed by atoms with Crippen LogP contribution in [0, 0.1) is 0 Å². The van der Waals surface area contributed by atoms with Gasteiger partial charge in [-0.05, 0) is 51.1 Å². The summed E-state index contributed by atoms with van der Waals surface area (Å²) in [4.78, 5) is 23.4. The second kappa shape index (κ2) is 9.07. The van der Waals surface area contributed by atoms with Gasteiger partial charge in [0.05, 0.1) is 25.0 Å². The SMILES string of the molecule is COc1ccc(-n2ccc(CNC(=O)CCNC(=O)OC(C)(C)C)n2)cc1. The van der Waals surface area contributed by atoms with Crippen molar-refractivity contribution in [1.82, 2.24) is 20.4 Å². The zero-order valence-corrected chi connectivity index (χ0v) is 16.1. The molecule has 0 aliphatic carbocycles. The summed E-state index contributed by atoms with van der Waals surface area (Å²) in [5.41, 5.74) is 1.07. The van der Waals surface area contributed by atoms with E-state index in [9.17, 15) is 9.59 Å². The molecule has 0 aliphatic rings. The summed E-state index contributed by atoms with van der Waals surface area (Å²) in [7, 11) is 1.62. The lowest BCUT2D eigenvalue weighted by atomic mass is 10.2. The maximum absolute atomic E-state index is 11.9. The van der Waals surface area contributed by atoms with E-state index < -0.39 is 11.7 Å².